The van der Waals surface area contributed by atoms with Crippen LogP contribution in [-0.4, -0.2) is 12.6 Å². The van der Waals surface area contributed by atoms with Crippen LogP contribution < -0.4 is 0 Å². The first-order chi connectivity index (χ1) is 7.33. The summed E-state index contributed by atoms with van der Waals surface area (Å²) in [5.41, 5.74) is 3.99. The molecule has 15 heavy (non-hydrogen) atoms. The van der Waals surface area contributed by atoms with E-state index < -0.39 is 0 Å². The molecule has 2 nitrogen and oxygen atoms in total. The maximum Gasteiger partial charge on any atom is 0.338 e. The number of benzene rings is 1. The van der Waals surface area contributed by atoms with Gasteiger partial charge in [0.1, 0.15) is 0 Å². The van der Waals surface area contributed by atoms with Gasteiger partial charge in [-0.25, -0.2) is 4.79 Å². The van der Waals surface area contributed by atoms with Crippen molar-refractivity contribution in [3.05, 3.63) is 53.8 Å². The van der Waals surface area contributed by atoms with E-state index in [9.17, 15) is 4.79 Å². The summed E-state index contributed by atoms with van der Waals surface area (Å²) in [5, 5.41) is 0. The fourth-order valence-electron chi connectivity index (χ4n) is 1.10. The molecule has 0 heterocycles. The number of hydrogen-bond donors (Lipinski definition) is 0. The third kappa shape index (κ3) is 4.84. The van der Waals surface area contributed by atoms with Crippen molar-refractivity contribution in [1.29, 1.82) is 0 Å². The number of rotatable bonds is 4. The third-order valence-electron chi connectivity index (χ3n) is 1.79. The molecule has 0 saturated heterocycles. The lowest BCUT2D eigenvalue weighted by molar-refractivity contribution is -0.137. The Kier molecular flexibility index (Phi) is 4.99. The lowest BCUT2D eigenvalue weighted by Crippen LogP contribution is -1.97. The van der Waals surface area contributed by atoms with Crippen LogP contribution in [0, 0.1) is 0 Å². The van der Waals surface area contributed by atoms with Crippen LogP contribution in [0.2, 0.25) is 0 Å². The quantitative estimate of drug-likeness (QED) is 0.426. The summed E-state index contributed by atoms with van der Waals surface area (Å²) in [6.07, 6.45) is 3.90. The highest BCUT2D eigenvalue weighted by atomic mass is 16.5. The Labute approximate surface area is 89.9 Å². The van der Waals surface area contributed by atoms with Crippen molar-refractivity contribution in [2.45, 2.75) is 13.3 Å². The molecule has 2 heteroatoms. The minimum atomic E-state index is -0.346. The van der Waals surface area contributed by atoms with E-state index in [1.165, 1.54) is 11.6 Å². The van der Waals surface area contributed by atoms with E-state index >= 15 is 0 Å². The third-order valence-corrected chi connectivity index (χ3v) is 1.79. The van der Waals surface area contributed by atoms with Gasteiger partial charge in [-0.3, -0.25) is 0 Å². The predicted octanol–water partition coefficient (Wildman–Crippen LogP) is 2.50. The van der Waals surface area contributed by atoms with Gasteiger partial charge in [0.2, 0.25) is 0 Å². The molecule has 0 aliphatic rings. The number of carbonyl (C=O) groups excluding carboxylic acids is 1. The van der Waals surface area contributed by atoms with Gasteiger partial charge in [0.05, 0.1) is 12.7 Å². The Hall–Kier alpha value is -1.79. The molecule has 0 saturated carbocycles. The van der Waals surface area contributed by atoms with E-state index in [0.29, 0.717) is 6.61 Å². The van der Waals surface area contributed by atoms with Crippen molar-refractivity contribution < 1.29 is 9.53 Å². The summed E-state index contributed by atoms with van der Waals surface area (Å²) < 4.78 is 4.72. The van der Waals surface area contributed by atoms with Crippen molar-refractivity contribution in [2.24, 2.45) is 0 Å². The molecule has 1 rings (SSSR count). The molecule has 0 amide bonds. The van der Waals surface area contributed by atoms with Crippen LogP contribution in [0.3, 0.4) is 0 Å². The summed E-state index contributed by atoms with van der Waals surface area (Å²) >= 11 is 0. The maximum absolute atomic E-state index is 10.9. The van der Waals surface area contributed by atoms with Gasteiger partial charge in [0, 0.05) is 0 Å². The molecule has 78 valence electrons. The first-order valence-corrected chi connectivity index (χ1v) is 4.94. The average molecular weight is 202 g/mol. The van der Waals surface area contributed by atoms with Gasteiger partial charge in [0.25, 0.3) is 0 Å². The highest BCUT2D eigenvalue weighted by molar-refractivity contribution is 5.81. The van der Waals surface area contributed by atoms with Crippen LogP contribution in [0.25, 0.3) is 0 Å². The molecule has 0 radical (unpaired) electrons. The van der Waals surface area contributed by atoms with Crippen molar-refractivity contribution in [3.8, 4) is 0 Å². The number of ether oxygens (including phenoxy) is 1. The Morgan fingerprint density at radius 3 is 2.80 bits per heavy atom. The molecule has 0 unspecified atom stereocenters. The second-order valence-corrected chi connectivity index (χ2v) is 2.96. The van der Waals surface area contributed by atoms with Gasteiger partial charge >= 0.3 is 5.97 Å². The molecular weight excluding hydrogens is 188 g/mol. The molecular formula is C13H14O2. The Bertz CT molecular complexity index is 359. The van der Waals surface area contributed by atoms with E-state index in [2.05, 4.69) is 5.73 Å². The molecule has 0 aliphatic carbocycles. The highest BCUT2D eigenvalue weighted by Crippen LogP contribution is 1.99. The first kappa shape index (κ1) is 11.3. The zero-order chi connectivity index (χ0) is 10.9. The molecule has 0 fully saturated rings. The molecule has 0 aliphatic heterocycles. The first-order valence-electron chi connectivity index (χ1n) is 4.94. The van der Waals surface area contributed by atoms with E-state index in [0.717, 1.165) is 6.42 Å². The van der Waals surface area contributed by atoms with Crippen LogP contribution in [-0.2, 0) is 16.0 Å². The van der Waals surface area contributed by atoms with Crippen LogP contribution in [0.4, 0.5) is 0 Å². The number of esters is 1. The van der Waals surface area contributed by atoms with Gasteiger partial charge < -0.3 is 4.74 Å². The number of carbonyl (C=O) groups is 1. The normalized spacial score (nSPS) is 8.87. The van der Waals surface area contributed by atoms with E-state index in [1.807, 2.05) is 36.4 Å². The Morgan fingerprint density at radius 1 is 1.40 bits per heavy atom. The van der Waals surface area contributed by atoms with Crippen LogP contribution in [0.15, 0.2) is 48.2 Å². The zero-order valence-electron chi connectivity index (χ0n) is 8.77. The summed E-state index contributed by atoms with van der Waals surface area (Å²) in [4.78, 5) is 10.9. The lowest BCUT2D eigenvalue weighted by Gasteiger charge is -1.92. The second-order valence-electron chi connectivity index (χ2n) is 2.96. The summed E-state index contributed by atoms with van der Waals surface area (Å²) in [5.74, 6) is -0.346. The zero-order valence-corrected chi connectivity index (χ0v) is 8.77. The van der Waals surface area contributed by atoms with E-state index in [1.54, 1.807) is 6.92 Å². The summed E-state index contributed by atoms with van der Waals surface area (Å²) in [6, 6.07) is 10.0. The monoisotopic (exact) mass is 202 g/mol. The molecule has 0 aromatic heterocycles. The Morgan fingerprint density at radius 2 is 2.13 bits per heavy atom. The minimum absolute atomic E-state index is 0.346. The van der Waals surface area contributed by atoms with Gasteiger partial charge in [-0.15, -0.1) is 5.73 Å². The largest absolute Gasteiger partial charge is 0.462 e. The second kappa shape index (κ2) is 6.63. The lowest BCUT2D eigenvalue weighted by atomic mass is 10.1. The van der Waals surface area contributed by atoms with E-state index in [-0.39, 0.29) is 5.97 Å². The SMILES string of the molecule is CCOC(=O)C=C=CCc1ccccc1. The van der Waals surface area contributed by atoms with Gasteiger partial charge in [-0.05, 0) is 25.0 Å². The van der Waals surface area contributed by atoms with Crippen LogP contribution in [0.1, 0.15) is 12.5 Å². The fourth-order valence-corrected chi connectivity index (χ4v) is 1.10. The molecule has 0 spiro atoms. The molecule has 0 bridgehead atoms. The standard InChI is InChI=1S/C13H14O2/c1-2-15-13(14)11-7-6-10-12-8-4-3-5-9-12/h3-6,8-9,11H,2,10H2,1H3. The van der Waals surface area contributed by atoms with Crippen LogP contribution >= 0.6 is 0 Å². The maximum atomic E-state index is 10.9. The van der Waals surface area contributed by atoms with Crippen molar-refractivity contribution in [1.82, 2.24) is 0 Å². The van der Waals surface area contributed by atoms with Gasteiger partial charge in [-0.2, -0.15) is 0 Å². The smallest absolute Gasteiger partial charge is 0.338 e. The van der Waals surface area contributed by atoms with Gasteiger partial charge in [0.15, 0.2) is 0 Å². The fraction of sp³-hybridized carbons (Fsp3) is 0.231. The van der Waals surface area contributed by atoms with Crippen molar-refractivity contribution in [3.63, 3.8) is 0 Å². The molecule has 0 N–H and O–H groups in total. The molecule has 1 aromatic carbocycles. The Balaban J connectivity index is 2.43. The molecule has 1 aromatic rings. The topological polar surface area (TPSA) is 26.3 Å². The summed E-state index contributed by atoms with van der Waals surface area (Å²) in [7, 11) is 0. The van der Waals surface area contributed by atoms with Crippen molar-refractivity contribution >= 4 is 5.97 Å². The molecule has 0 atom stereocenters. The van der Waals surface area contributed by atoms with Crippen molar-refractivity contribution in [2.75, 3.05) is 6.61 Å². The highest BCUT2D eigenvalue weighted by Gasteiger charge is 1.90. The minimum Gasteiger partial charge on any atom is -0.462 e. The average Bonchev–Trinajstić information content (AvgIpc) is 2.26. The van der Waals surface area contributed by atoms with Crippen LogP contribution in [0.5, 0.6) is 0 Å². The van der Waals surface area contributed by atoms with E-state index in [4.69, 9.17) is 4.74 Å². The number of hydrogen-bond acceptors (Lipinski definition) is 2. The predicted molar refractivity (Wildman–Crippen MR) is 59.4 cm³/mol. The summed E-state index contributed by atoms with van der Waals surface area (Å²) in [6.45, 7) is 2.18. The van der Waals surface area contributed by atoms with Gasteiger partial charge in [-0.1, -0.05) is 30.3 Å².